The molecule has 21 heavy (non-hydrogen) atoms. The number of nitrogens with one attached hydrogen (secondary N) is 1. The predicted molar refractivity (Wildman–Crippen MR) is 80.3 cm³/mol. The number of amides is 1. The second-order valence-corrected chi connectivity index (χ2v) is 7.04. The van der Waals surface area contributed by atoms with Crippen molar-refractivity contribution in [3.8, 4) is 0 Å². The fourth-order valence-electron chi connectivity index (χ4n) is 2.14. The Morgan fingerprint density at radius 3 is 2.48 bits per heavy atom. The van der Waals surface area contributed by atoms with Crippen LogP contribution in [0.2, 0.25) is 0 Å². The minimum absolute atomic E-state index is 0.230. The maximum Gasteiger partial charge on any atom is 0.326 e. The van der Waals surface area contributed by atoms with Crippen molar-refractivity contribution in [2.24, 2.45) is 5.92 Å². The molecule has 1 heterocycles. The second kappa shape index (κ2) is 5.51. The highest BCUT2D eigenvalue weighted by Crippen LogP contribution is 2.56. The molecule has 0 radical (unpaired) electrons. The number of aliphatic carboxylic acids is 1. The molecule has 1 aromatic rings. The number of benzene rings is 1. The van der Waals surface area contributed by atoms with E-state index < -0.39 is 28.5 Å². The van der Waals surface area contributed by atoms with Gasteiger partial charge in [0.15, 0.2) is 0 Å². The lowest BCUT2D eigenvalue weighted by atomic mass is 10.0. The number of carbonyl (C=O) groups excluding carboxylic acids is 1. The van der Waals surface area contributed by atoms with Gasteiger partial charge in [0.1, 0.15) is 6.04 Å². The van der Waals surface area contributed by atoms with Crippen molar-refractivity contribution in [1.29, 1.82) is 0 Å². The van der Waals surface area contributed by atoms with Crippen LogP contribution in [0.5, 0.6) is 0 Å². The van der Waals surface area contributed by atoms with Crippen LogP contribution in [-0.2, 0) is 4.79 Å². The van der Waals surface area contributed by atoms with E-state index in [-0.39, 0.29) is 16.4 Å². The third kappa shape index (κ3) is 2.94. The molecule has 0 aromatic heterocycles. The lowest BCUT2D eigenvalue weighted by molar-refractivity contribution is -0.140. The first-order valence-electron chi connectivity index (χ1n) is 6.37. The Morgan fingerprint density at radius 1 is 1.24 bits per heavy atom. The van der Waals surface area contributed by atoms with Gasteiger partial charge in [-0.25, -0.2) is 4.79 Å². The van der Waals surface area contributed by atoms with Crippen LogP contribution in [0.25, 0.3) is 6.08 Å². The van der Waals surface area contributed by atoms with E-state index in [1.807, 2.05) is 0 Å². The Labute approximate surface area is 123 Å². The molecule has 1 amide bonds. The molecule has 4 N–H and O–H groups in total. The number of rotatable bonds is 4. The molecule has 7 heteroatoms. The maximum absolute atomic E-state index is 12.3. The number of carboxylic acid groups (broad SMARTS) is 1. The van der Waals surface area contributed by atoms with Gasteiger partial charge in [0.2, 0.25) is 0 Å². The van der Waals surface area contributed by atoms with Gasteiger partial charge in [-0.1, -0.05) is 19.9 Å². The third-order valence-corrected chi connectivity index (χ3v) is 4.80. The molecule has 1 unspecified atom stereocenters. The molecule has 0 saturated heterocycles. The molecule has 1 aliphatic heterocycles. The van der Waals surface area contributed by atoms with Crippen LogP contribution in [0.4, 0.5) is 0 Å². The molecule has 0 bridgehead atoms. The van der Waals surface area contributed by atoms with E-state index in [2.05, 4.69) is 5.32 Å². The molecule has 1 aliphatic rings. The Bertz CT molecular complexity index is 624. The zero-order chi connectivity index (χ0) is 15.8. The van der Waals surface area contributed by atoms with Crippen molar-refractivity contribution < 1.29 is 23.8 Å². The Hall–Kier alpha value is -1.83. The summed E-state index contributed by atoms with van der Waals surface area (Å²) in [6, 6.07) is 3.61. The van der Waals surface area contributed by atoms with Gasteiger partial charge in [0.05, 0.1) is 4.90 Å². The van der Waals surface area contributed by atoms with Crippen molar-refractivity contribution in [3.05, 3.63) is 34.7 Å². The number of carbonyl (C=O) groups is 2. The first-order valence-corrected chi connectivity index (χ1v) is 7.98. The van der Waals surface area contributed by atoms with Crippen LogP contribution in [-0.4, -0.2) is 32.1 Å². The molecule has 0 saturated carbocycles. The summed E-state index contributed by atoms with van der Waals surface area (Å²) in [6.07, 6.45) is 1.48. The summed E-state index contributed by atoms with van der Waals surface area (Å²) in [6.45, 7) is 3.40. The normalized spacial score (nSPS) is 18.1. The van der Waals surface area contributed by atoms with Crippen LogP contribution >= 0.6 is 10.6 Å². The summed E-state index contributed by atoms with van der Waals surface area (Å²) in [5, 5.41) is 12.8. The molecule has 0 aliphatic carbocycles. The molecule has 1 aromatic carbocycles. The third-order valence-electron chi connectivity index (χ3n) is 3.28. The number of carboxylic acids is 1. The fraction of sp³-hybridized carbons (Fsp3) is 0.286. The van der Waals surface area contributed by atoms with Crippen LogP contribution in [0.3, 0.4) is 0 Å². The monoisotopic (exact) mass is 311 g/mol. The lowest BCUT2D eigenvalue weighted by Gasteiger charge is -2.26. The summed E-state index contributed by atoms with van der Waals surface area (Å²) in [4.78, 5) is 23.7. The largest absolute Gasteiger partial charge is 0.480 e. The van der Waals surface area contributed by atoms with Crippen molar-refractivity contribution >= 4 is 28.5 Å². The van der Waals surface area contributed by atoms with Crippen LogP contribution in [0.1, 0.15) is 29.8 Å². The molecule has 0 spiro atoms. The summed E-state index contributed by atoms with van der Waals surface area (Å²) >= 11 is 0. The van der Waals surface area contributed by atoms with Crippen LogP contribution in [0, 0.1) is 5.92 Å². The number of fused-ring (bicyclic) bond motifs is 1. The van der Waals surface area contributed by atoms with Gasteiger partial charge in [0, 0.05) is 16.5 Å². The summed E-state index contributed by atoms with van der Waals surface area (Å²) in [7, 11) is -3.00. The summed E-state index contributed by atoms with van der Waals surface area (Å²) in [5.74, 6) is -1.92. The first-order chi connectivity index (χ1) is 9.74. The van der Waals surface area contributed by atoms with Gasteiger partial charge in [-0.15, -0.1) is 10.6 Å². The van der Waals surface area contributed by atoms with Gasteiger partial charge in [-0.2, -0.15) is 0 Å². The molecule has 1 atom stereocenters. The molecular weight excluding hydrogens is 294 g/mol. The van der Waals surface area contributed by atoms with Gasteiger partial charge >= 0.3 is 5.97 Å². The number of hydrogen-bond donors (Lipinski definition) is 4. The minimum atomic E-state index is -3.00. The van der Waals surface area contributed by atoms with Gasteiger partial charge in [-0.3, -0.25) is 13.9 Å². The standard InChI is InChI=1S/C14H17NO5S/c1-8(2)12(14(17)18)15-13(16)10-4-3-5-11-9(10)6-7-21(11,19)20/h3-8,12,19-20H,1-2H3,(H,15,16)(H,17,18). The van der Waals surface area contributed by atoms with Crippen LogP contribution in [0.15, 0.2) is 28.5 Å². The van der Waals surface area contributed by atoms with E-state index >= 15 is 0 Å². The zero-order valence-corrected chi connectivity index (χ0v) is 12.4. The molecule has 2 rings (SSSR count). The Kier molecular flexibility index (Phi) is 4.08. The Morgan fingerprint density at radius 2 is 1.90 bits per heavy atom. The highest BCUT2D eigenvalue weighted by Gasteiger charge is 2.28. The maximum atomic E-state index is 12.3. The van der Waals surface area contributed by atoms with E-state index in [4.69, 9.17) is 5.11 Å². The van der Waals surface area contributed by atoms with Gasteiger partial charge < -0.3 is 10.4 Å². The molecule has 0 fully saturated rings. The van der Waals surface area contributed by atoms with Gasteiger partial charge in [-0.05, 0) is 24.1 Å². The second-order valence-electron chi connectivity index (χ2n) is 5.15. The first kappa shape index (κ1) is 15.6. The van der Waals surface area contributed by atoms with Crippen molar-refractivity contribution in [2.75, 3.05) is 0 Å². The van der Waals surface area contributed by atoms with Gasteiger partial charge in [0.25, 0.3) is 5.91 Å². The van der Waals surface area contributed by atoms with E-state index in [1.165, 1.54) is 17.6 Å². The fourth-order valence-corrected chi connectivity index (χ4v) is 3.40. The highest BCUT2D eigenvalue weighted by atomic mass is 32.3. The molecule has 114 valence electrons. The van der Waals surface area contributed by atoms with Crippen molar-refractivity contribution in [1.82, 2.24) is 5.32 Å². The number of hydrogen-bond acceptors (Lipinski definition) is 4. The lowest BCUT2D eigenvalue weighted by Crippen LogP contribution is -2.44. The topological polar surface area (TPSA) is 107 Å². The Balaban J connectivity index is 2.32. The average Bonchev–Trinajstić information content (AvgIpc) is 2.71. The summed E-state index contributed by atoms with van der Waals surface area (Å²) < 4.78 is 19.7. The smallest absolute Gasteiger partial charge is 0.326 e. The summed E-state index contributed by atoms with van der Waals surface area (Å²) in [5.41, 5.74) is 0.649. The minimum Gasteiger partial charge on any atom is -0.480 e. The van der Waals surface area contributed by atoms with Crippen molar-refractivity contribution in [2.45, 2.75) is 24.8 Å². The van der Waals surface area contributed by atoms with Crippen LogP contribution < -0.4 is 5.32 Å². The van der Waals surface area contributed by atoms with E-state index in [9.17, 15) is 18.7 Å². The van der Waals surface area contributed by atoms with E-state index in [0.717, 1.165) is 0 Å². The quantitative estimate of drug-likeness (QED) is 0.684. The van der Waals surface area contributed by atoms with E-state index in [0.29, 0.717) is 5.56 Å². The predicted octanol–water partition coefficient (Wildman–Crippen LogP) is 2.62. The average molecular weight is 311 g/mol. The molecular formula is C14H17NO5S. The highest BCUT2D eigenvalue weighted by molar-refractivity contribution is 8.27. The zero-order valence-electron chi connectivity index (χ0n) is 11.6. The van der Waals surface area contributed by atoms with E-state index in [1.54, 1.807) is 26.0 Å². The SMILES string of the molecule is CC(C)C(NC(=O)c1cccc2c1C=CS2(O)O)C(=O)O. The van der Waals surface area contributed by atoms with Crippen molar-refractivity contribution in [3.63, 3.8) is 0 Å². The molecule has 6 nitrogen and oxygen atoms in total.